The van der Waals surface area contributed by atoms with E-state index >= 15 is 0 Å². The summed E-state index contributed by atoms with van der Waals surface area (Å²) in [6, 6.07) is 5.44. The summed E-state index contributed by atoms with van der Waals surface area (Å²) in [6.45, 7) is 1.55. The molecule has 19 heavy (non-hydrogen) atoms. The Morgan fingerprint density at radius 2 is 2.26 bits per heavy atom. The SMILES string of the molecule is CNCCCNC(=O)C1Cc2cc(Cl)ccc2O1.Cl. The van der Waals surface area contributed by atoms with Gasteiger partial charge < -0.3 is 15.4 Å². The largest absolute Gasteiger partial charge is 0.480 e. The Bertz CT molecular complexity index is 441. The molecule has 0 fully saturated rings. The van der Waals surface area contributed by atoms with Crippen molar-refractivity contribution >= 4 is 29.9 Å². The van der Waals surface area contributed by atoms with E-state index in [4.69, 9.17) is 16.3 Å². The maximum Gasteiger partial charge on any atom is 0.261 e. The first-order valence-corrected chi connectivity index (χ1v) is 6.46. The van der Waals surface area contributed by atoms with Gasteiger partial charge in [0.2, 0.25) is 0 Å². The van der Waals surface area contributed by atoms with E-state index in [9.17, 15) is 4.79 Å². The number of benzene rings is 1. The molecule has 1 aromatic rings. The molecule has 0 spiro atoms. The van der Waals surface area contributed by atoms with Gasteiger partial charge in [0.05, 0.1) is 0 Å². The molecule has 1 aliphatic heterocycles. The van der Waals surface area contributed by atoms with Crippen LogP contribution >= 0.6 is 24.0 Å². The zero-order valence-electron chi connectivity index (χ0n) is 10.7. The van der Waals surface area contributed by atoms with Crippen molar-refractivity contribution in [3.8, 4) is 5.75 Å². The third kappa shape index (κ3) is 4.27. The lowest BCUT2D eigenvalue weighted by Crippen LogP contribution is -2.38. The van der Waals surface area contributed by atoms with Gasteiger partial charge in [0, 0.05) is 18.0 Å². The molecular formula is C13H18Cl2N2O2. The molecule has 1 atom stereocenters. The Balaban J connectivity index is 0.00000180. The van der Waals surface area contributed by atoms with Crippen LogP contribution < -0.4 is 15.4 Å². The highest BCUT2D eigenvalue weighted by molar-refractivity contribution is 6.30. The summed E-state index contributed by atoms with van der Waals surface area (Å²) in [5.74, 6) is 0.702. The van der Waals surface area contributed by atoms with Gasteiger partial charge in [-0.15, -0.1) is 12.4 Å². The van der Waals surface area contributed by atoms with Gasteiger partial charge >= 0.3 is 0 Å². The number of nitrogens with one attached hydrogen (secondary N) is 2. The number of rotatable bonds is 5. The van der Waals surface area contributed by atoms with Crippen LogP contribution in [-0.2, 0) is 11.2 Å². The van der Waals surface area contributed by atoms with Crippen LogP contribution in [0.2, 0.25) is 5.02 Å². The monoisotopic (exact) mass is 304 g/mol. The second kappa shape index (κ2) is 7.58. The van der Waals surface area contributed by atoms with Crippen LogP contribution in [0.25, 0.3) is 0 Å². The summed E-state index contributed by atoms with van der Waals surface area (Å²) in [4.78, 5) is 11.9. The highest BCUT2D eigenvalue weighted by Gasteiger charge is 2.28. The zero-order valence-corrected chi connectivity index (χ0v) is 12.3. The molecule has 0 aromatic heterocycles. The summed E-state index contributed by atoms with van der Waals surface area (Å²) >= 11 is 5.91. The Morgan fingerprint density at radius 1 is 1.47 bits per heavy atom. The van der Waals surface area contributed by atoms with Crippen molar-refractivity contribution in [3.63, 3.8) is 0 Å². The smallest absolute Gasteiger partial charge is 0.261 e. The van der Waals surface area contributed by atoms with E-state index in [1.807, 2.05) is 19.2 Å². The second-order valence-electron chi connectivity index (χ2n) is 4.31. The third-order valence-corrected chi connectivity index (χ3v) is 3.13. The number of fused-ring (bicyclic) bond motifs is 1. The van der Waals surface area contributed by atoms with E-state index in [1.54, 1.807) is 6.07 Å². The van der Waals surface area contributed by atoms with E-state index in [0.29, 0.717) is 18.0 Å². The summed E-state index contributed by atoms with van der Waals surface area (Å²) in [5, 5.41) is 6.58. The number of carbonyl (C=O) groups excluding carboxylic acids is 1. The first-order valence-electron chi connectivity index (χ1n) is 6.08. The molecule has 0 saturated carbocycles. The standard InChI is InChI=1S/C13H17ClN2O2.ClH/c1-15-5-2-6-16-13(17)12-8-9-7-10(14)3-4-11(9)18-12;/h3-4,7,12,15H,2,5-6,8H2,1H3,(H,16,17);1H. The Labute approximate surface area is 124 Å². The molecule has 2 rings (SSSR count). The quantitative estimate of drug-likeness (QED) is 0.816. The maximum atomic E-state index is 11.9. The lowest BCUT2D eigenvalue weighted by Gasteiger charge is -2.11. The van der Waals surface area contributed by atoms with Crippen LogP contribution in [-0.4, -0.2) is 32.1 Å². The van der Waals surface area contributed by atoms with Crippen molar-refractivity contribution in [2.45, 2.75) is 18.9 Å². The Hall–Kier alpha value is -0.970. The lowest BCUT2D eigenvalue weighted by molar-refractivity contribution is -0.127. The van der Waals surface area contributed by atoms with E-state index in [1.165, 1.54) is 0 Å². The molecular weight excluding hydrogens is 287 g/mol. The minimum atomic E-state index is -0.423. The lowest BCUT2D eigenvalue weighted by atomic mass is 10.1. The molecule has 0 bridgehead atoms. The topological polar surface area (TPSA) is 50.4 Å². The van der Waals surface area contributed by atoms with Gasteiger partial charge in [0.25, 0.3) is 5.91 Å². The Kier molecular flexibility index (Phi) is 6.42. The average Bonchev–Trinajstić information content (AvgIpc) is 2.77. The van der Waals surface area contributed by atoms with Crippen molar-refractivity contribution < 1.29 is 9.53 Å². The van der Waals surface area contributed by atoms with Crippen molar-refractivity contribution in [2.24, 2.45) is 0 Å². The minimum Gasteiger partial charge on any atom is -0.480 e. The maximum absolute atomic E-state index is 11.9. The molecule has 1 aromatic carbocycles. The molecule has 4 nitrogen and oxygen atoms in total. The number of carbonyl (C=O) groups is 1. The van der Waals surface area contributed by atoms with Gasteiger partial charge in [-0.25, -0.2) is 0 Å². The molecule has 1 heterocycles. The average molecular weight is 305 g/mol. The van der Waals surface area contributed by atoms with Crippen molar-refractivity contribution in [2.75, 3.05) is 20.1 Å². The fourth-order valence-electron chi connectivity index (χ4n) is 1.95. The normalized spacial score (nSPS) is 16.2. The molecule has 2 N–H and O–H groups in total. The van der Waals surface area contributed by atoms with Gasteiger partial charge in [0.15, 0.2) is 6.10 Å². The summed E-state index contributed by atoms with van der Waals surface area (Å²) in [5.41, 5.74) is 0.998. The fourth-order valence-corrected chi connectivity index (χ4v) is 2.15. The summed E-state index contributed by atoms with van der Waals surface area (Å²) in [7, 11) is 1.89. The van der Waals surface area contributed by atoms with E-state index < -0.39 is 6.10 Å². The summed E-state index contributed by atoms with van der Waals surface area (Å²) < 4.78 is 5.59. The summed E-state index contributed by atoms with van der Waals surface area (Å²) in [6.07, 6.45) is 1.08. The van der Waals surface area contributed by atoms with E-state index in [2.05, 4.69) is 10.6 Å². The van der Waals surface area contributed by atoms with Gasteiger partial charge in [-0.05, 0) is 43.8 Å². The van der Waals surface area contributed by atoms with Crippen LogP contribution in [0.4, 0.5) is 0 Å². The number of hydrogen-bond acceptors (Lipinski definition) is 3. The third-order valence-electron chi connectivity index (χ3n) is 2.89. The minimum absolute atomic E-state index is 0. The first kappa shape index (κ1) is 16.1. The van der Waals surface area contributed by atoms with Gasteiger partial charge in [-0.3, -0.25) is 4.79 Å². The molecule has 1 amide bonds. The second-order valence-corrected chi connectivity index (χ2v) is 4.75. The van der Waals surface area contributed by atoms with Crippen molar-refractivity contribution in [1.29, 1.82) is 0 Å². The highest BCUT2D eigenvalue weighted by atomic mass is 35.5. The number of hydrogen-bond donors (Lipinski definition) is 2. The Morgan fingerprint density at radius 3 is 3.00 bits per heavy atom. The predicted octanol–water partition coefficient (Wildman–Crippen LogP) is 1.79. The van der Waals surface area contributed by atoms with Crippen molar-refractivity contribution in [1.82, 2.24) is 10.6 Å². The number of ether oxygens (including phenoxy) is 1. The van der Waals surface area contributed by atoms with Crippen LogP contribution in [0.3, 0.4) is 0 Å². The van der Waals surface area contributed by atoms with E-state index in [0.717, 1.165) is 24.3 Å². The zero-order chi connectivity index (χ0) is 13.0. The molecule has 0 radical (unpaired) electrons. The molecule has 0 saturated heterocycles. The fraction of sp³-hybridized carbons (Fsp3) is 0.462. The molecule has 1 unspecified atom stereocenters. The molecule has 106 valence electrons. The van der Waals surface area contributed by atoms with Crippen LogP contribution in [0.15, 0.2) is 18.2 Å². The van der Waals surface area contributed by atoms with Crippen molar-refractivity contribution in [3.05, 3.63) is 28.8 Å². The predicted molar refractivity (Wildman–Crippen MR) is 78.4 cm³/mol. The van der Waals surface area contributed by atoms with Gasteiger partial charge in [0.1, 0.15) is 5.75 Å². The van der Waals surface area contributed by atoms with Gasteiger partial charge in [-0.1, -0.05) is 11.6 Å². The van der Waals surface area contributed by atoms with Gasteiger partial charge in [-0.2, -0.15) is 0 Å². The highest BCUT2D eigenvalue weighted by Crippen LogP contribution is 2.30. The molecule has 0 aliphatic carbocycles. The number of amides is 1. The van der Waals surface area contributed by atoms with Crippen LogP contribution in [0.1, 0.15) is 12.0 Å². The first-order chi connectivity index (χ1) is 8.70. The molecule has 6 heteroatoms. The van der Waals surface area contributed by atoms with Crippen LogP contribution in [0.5, 0.6) is 5.75 Å². The molecule has 1 aliphatic rings. The van der Waals surface area contributed by atoms with Crippen LogP contribution in [0, 0.1) is 0 Å². The van der Waals surface area contributed by atoms with E-state index in [-0.39, 0.29) is 18.3 Å². The number of halogens is 2.